The maximum absolute atomic E-state index is 3.61. The van der Waals surface area contributed by atoms with E-state index in [-0.39, 0.29) is 0 Å². The second-order valence-corrected chi connectivity index (χ2v) is 2.34. The Morgan fingerprint density at radius 1 is 1.30 bits per heavy atom. The van der Waals surface area contributed by atoms with E-state index in [4.69, 9.17) is 0 Å². The van der Waals surface area contributed by atoms with Crippen molar-refractivity contribution in [2.24, 2.45) is 0 Å². The molecule has 0 saturated carbocycles. The maximum Gasteiger partial charge on any atom is 0.0292 e. The molecule has 1 nitrogen and oxygen atoms in total. The highest BCUT2D eigenvalue weighted by molar-refractivity contribution is 5.17. The molecule has 0 amide bonds. The first-order valence-electron chi connectivity index (χ1n) is 3.42. The zero-order chi connectivity index (χ0) is 7.40. The highest BCUT2D eigenvalue weighted by Gasteiger charge is 1.97. The van der Waals surface area contributed by atoms with Crippen LogP contribution in [-0.2, 0) is 0 Å². The van der Waals surface area contributed by atoms with Crippen LogP contribution in [0, 0.1) is 7.05 Å². The van der Waals surface area contributed by atoms with Crippen molar-refractivity contribution in [3.05, 3.63) is 42.9 Å². The first-order valence-corrected chi connectivity index (χ1v) is 3.42. The smallest absolute Gasteiger partial charge is 0.0292 e. The molecular formula is C9H12N. The summed E-state index contributed by atoms with van der Waals surface area (Å²) in [6, 6.07) is 10.6. The van der Waals surface area contributed by atoms with E-state index in [0.717, 1.165) is 0 Å². The monoisotopic (exact) mass is 134 g/mol. The number of benzene rings is 1. The lowest BCUT2D eigenvalue weighted by molar-refractivity contribution is 0.683. The molecule has 1 unspecified atom stereocenters. The van der Waals surface area contributed by atoms with Crippen molar-refractivity contribution in [2.75, 3.05) is 0 Å². The molecule has 53 valence electrons. The van der Waals surface area contributed by atoms with Gasteiger partial charge >= 0.3 is 0 Å². The molecule has 0 aliphatic rings. The number of nitrogens with one attached hydrogen (secondary N) is 1. The van der Waals surface area contributed by atoms with E-state index in [1.54, 1.807) is 0 Å². The van der Waals surface area contributed by atoms with Crippen LogP contribution >= 0.6 is 0 Å². The third-order valence-electron chi connectivity index (χ3n) is 1.61. The zero-order valence-electron chi connectivity index (χ0n) is 6.17. The second-order valence-electron chi connectivity index (χ2n) is 2.34. The van der Waals surface area contributed by atoms with Gasteiger partial charge in [-0.05, 0) is 12.5 Å². The van der Waals surface area contributed by atoms with E-state index in [9.17, 15) is 0 Å². The van der Waals surface area contributed by atoms with Crippen molar-refractivity contribution in [1.82, 2.24) is 5.32 Å². The summed E-state index contributed by atoms with van der Waals surface area (Å²) in [4.78, 5) is 0. The van der Waals surface area contributed by atoms with Gasteiger partial charge in [0.2, 0.25) is 0 Å². The van der Waals surface area contributed by atoms with Crippen molar-refractivity contribution in [2.45, 2.75) is 13.0 Å². The highest BCUT2D eigenvalue weighted by atomic mass is 14.8. The van der Waals surface area contributed by atoms with Gasteiger partial charge in [-0.15, -0.1) is 0 Å². The Morgan fingerprint density at radius 2 is 1.90 bits per heavy atom. The van der Waals surface area contributed by atoms with Gasteiger partial charge in [0, 0.05) is 13.1 Å². The second kappa shape index (κ2) is 3.37. The Hall–Kier alpha value is -0.820. The summed E-state index contributed by atoms with van der Waals surface area (Å²) in [5.74, 6) is 0. The third-order valence-corrected chi connectivity index (χ3v) is 1.61. The fourth-order valence-electron chi connectivity index (χ4n) is 0.860. The molecule has 10 heavy (non-hydrogen) atoms. The van der Waals surface area contributed by atoms with Gasteiger partial charge in [-0.2, -0.15) is 0 Å². The quantitative estimate of drug-likeness (QED) is 0.653. The molecule has 0 aliphatic carbocycles. The van der Waals surface area contributed by atoms with Gasteiger partial charge in [0.05, 0.1) is 0 Å². The first kappa shape index (κ1) is 7.29. The highest BCUT2D eigenvalue weighted by Crippen LogP contribution is 2.09. The predicted molar refractivity (Wildman–Crippen MR) is 43.3 cm³/mol. The molecule has 0 aliphatic heterocycles. The van der Waals surface area contributed by atoms with Crippen molar-refractivity contribution in [3.8, 4) is 0 Å². The molecule has 0 bridgehead atoms. The molecule has 1 heteroatoms. The molecule has 1 radical (unpaired) electrons. The van der Waals surface area contributed by atoms with Crippen molar-refractivity contribution in [3.63, 3.8) is 0 Å². The minimum atomic E-state index is 0.348. The van der Waals surface area contributed by atoms with E-state index in [0.29, 0.717) is 6.04 Å². The summed E-state index contributed by atoms with van der Waals surface area (Å²) in [5, 5.41) is 2.93. The zero-order valence-corrected chi connectivity index (χ0v) is 6.17. The fourth-order valence-corrected chi connectivity index (χ4v) is 0.860. The minimum absolute atomic E-state index is 0.348. The molecular weight excluding hydrogens is 122 g/mol. The van der Waals surface area contributed by atoms with Crippen LogP contribution in [0.4, 0.5) is 0 Å². The Morgan fingerprint density at radius 3 is 2.40 bits per heavy atom. The van der Waals surface area contributed by atoms with Gasteiger partial charge in [0.25, 0.3) is 0 Å². The normalized spacial score (nSPS) is 13.0. The average Bonchev–Trinajstić information content (AvgIpc) is 2.05. The van der Waals surface area contributed by atoms with E-state index < -0.39 is 0 Å². The topological polar surface area (TPSA) is 12.0 Å². The molecule has 1 aromatic carbocycles. The summed E-state index contributed by atoms with van der Waals surface area (Å²) in [5.41, 5.74) is 1.28. The number of hydrogen-bond donors (Lipinski definition) is 1. The van der Waals surface area contributed by atoms with Crippen LogP contribution < -0.4 is 5.32 Å². The van der Waals surface area contributed by atoms with Gasteiger partial charge in [-0.25, -0.2) is 0 Å². The Kier molecular flexibility index (Phi) is 2.46. The summed E-state index contributed by atoms with van der Waals surface area (Å²) >= 11 is 0. The van der Waals surface area contributed by atoms with Crippen LogP contribution in [0.15, 0.2) is 30.3 Å². The van der Waals surface area contributed by atoms with E-state index in [1.165, 1.54) is 5.56 Å². The van der Waals surface area contributed by atoms with Crippen molar-refractivity contribution >= 4 is 0 Å². The number of rotatable bonds is 2. The van der Waals surface area contributed by atoms with Crippen LogP contribution in [0.5, 0.6) is 0 Å². The molecule has 1 aromatic rings. The molecule has 0 spiro atoms. The van der Waals surface area contributed by atoms with Crippen LogP contribution in [0.2, 0.25) is 0 Å². The Balaban J connectivity index is 2.75. The lowest BCUT2D eigenvalue weighted by atomic mass is 10.1. The molecule has 1 N–H and O–H groups in total. The van der Waals surface area contributed by atoms with E-state index in [1.807, 2.05) is 18.2 Å². The van der Waals surface area contributed by atoms with E-state index >= 15 is 0 Å². The summed E-state index contributed by atoms with van der Waals surface area (Å²) < 4.78 is 0. The van der Waals surface area contributed by atoms with Crippen molar-refractivity contribution in [1.29, 1.82) is 0 Å². The molecule has 0 saturated heterocycles. The molecule has 0 heterocycles. The fraction of sp³-hybridized carbons (Fsp3) is 0.222. The lowest BCUT2D eigenvalue weighted by Gasteiger charge is -2.08. The third kappa shape index (κ3) is 1.58. The van der Waals surface area contributed by atoms with E-state index in [2.05, 4.69) is 31.4 Å². The summed E-state index contributed by atoms with van der Waals surface area (Å²) in [6.07, 6.45) is 0. The van der Waals surface area contributed by atoms with Gasteiger partial charge in [-0.1, -0.05) is 30.3 Å². The van der Waals surface area contributed by atoms with Crippen LogP contribution in [0.1, 0.15) is 18.5 Å². The molecule has 0 aromatic heterocycles. The van der Waals surface area contributed by atoms with Gasteiger partial charge in [0.15, 0.2) is 0 Å². The van der Waals surface area contributed by atoms with Gasteiger partial charge in [0.1, 0.15) is 0 Å². The number of hydrogen-bond acceptors (Lipinski definition) is 1. The maximum atomic E-state index is 3.61. The molecule has 1 rings (SSSR count). The van der Waals surface area contributed by atoms with Gasteiger partial charge in [-0.3, -0.25) is 0 Å². The lowest BCUT2D eigenvalue weighted by Crippen LogP contribution is -2.09. The molecule has 1 atom stereocenters. The first-order chi connectivity index (χ1) is 4.84. The standard InChI is InChI=1S/C9H12N/c1-8(10-2)9-6-4-3-5-7-9/h3-8,10H,2H2,1H3. The van der Waals surface area contributed by atoms with Crippen LogP contribution in [0.25, 0.3) is 0 Å². The summed E-state index contributed by atoms with van der Waals surface area (Å²) in [6.45, 7) is 2.09. The largest absolute Gasteiger partial charge is 0.309 e. The average molecular weight is 134 g/mol. The van der Waals surface area contributed by atoms with Crippen molar-refractivity contribution < 1.29 is 0 Å². The molecule has 0 fully saturated rings. The Bertz CT molecular complexity index is 181. The van der Waals surface area contributed by atoms with Crippen LogP contribution in [0.3, 0.4) is 0 Å². The minimum Gasteiger partial charge on any atom is -0.309 e. The summed E-state index contributed by atoms with van der Waals surface area (Å²) in [7, 11) is 3.61. The predicted octanol–water partition coefficient (Wildman–Crippen LogP) is 2.13. The van der Waals surface area contributed by atoms with Crippen LogP contribution in [-0.4, -0.2) is 0 Å². The Labute approximate surface area is 62.1 Å². The van der Waals surface area contributed by atoms with Gasteiger partial charge < -0.3 is 5.32 Å². The SMILES string of the molecule is [CH2]NC(C)c1ccccc1.